The second-order valence-electron chi connectivity index (χ2n) is 10.6. The lowest BCUT2D eigenvalue weighted by molar-refractivity contribution is -0.143. The fraction of sp³-hybridized carbons (Fsp3) is 0.667. The van der Waals surface area contributed by atoms with Crippen LogP contribution in [0.5, 0.6) is 5.75 Å². The van der Waals surface area contributed by atoms with Gasteiger partial charge in [0.1, 0.15) is 23.9 Å². The predicted molar refractivity (Wildman–Crippen MR) is 138 cm³/mol. The summed E-state index contributed by atoms with van der Waals surface area (Å²) in [6.07, 6.45) is 2.50. The van der Waals surface area contributed by atoms with Crippen molar-refractivity contribution in [3.05, 3.63) is 29.8 Å². The molecule has 1 rings (SSSR count). The SMILES string of the molecule is CCCC(C)NC(=O)C(c1ccccc1O)N(C(=O)CNC(=O)OC(C)(C)C)C(C)CCC(C)C. The molecule has 0 saturated heterocycles. The molecule has 3 amide bonds. The number of amides is 3. The summed E-state index contributed by atoms with van der Waals surface area (Å²) in [5.41, 5.74) is -0.360. The third kappa shape index (κ3) is 10.6. The first kappa shape index (κ1) is 30.3. The molecule has 8 nitrogen and oxygen atoms in total. The van der Waals surface area contributed by atoms with Gasteiger partial charge in [0.15, 0.2) is 0 Å². The highest BCUT2D eigenvalue weighted by Crippen LogP contribution is 2.32. The molecule has 3 unspecified atom stereocenters. The van der Waals surface area contributed by atoms with Crippen LogP contribution < -0.4 is 10.6 Å². The van der Waals surface area contributed by atoms with Crippen LogP contribution in [0.15, 0.2) is 24.3 Å². The van der Waals surface area contributed by atoms with Gasteiger partial charge in [0, 0.05) is 17.6 Å². The van der Waals surface area contributed by atoms with Crippen LogP contribution in [0.2, 0.25) is 0 Å². The summed E-state index contributed by atoms with van der Waals surface area (Å²) in [5, 5.41) is 16.2. The average molecular weight is 492 g/mol. The molecular weight excluding hydrogens is 446 g/mol. The minimum Gasteiger partial charge on any atom is -0.508 e. The van der Waals surface area contributed by atoms with Crippen molar-refractivity contribution in [3.63, 3.8) is 0 Å². The maximum atomic E-state index is 13.6. The normalized spacial score (nSPS) is 14.1. The molecule has 0 aliphatic heterocycles. The van der Waals surface area contributed by atoms with E-state index in [2.05, 4.69) is 24.5 Å². The van der Waals surface area contributed by atoms with Gasteiger partial charge in [-0.25, -0.2) is 4.79 Å². The number of nitrogens with one attached hydrogen (secondary N) is 2. The number of para-hydroxylation sites is 1. The fourth-order valence-electron chi connectivity index (χ4n) is 3.87. The molecule has 35 heavy (non-hydrogen) atoms. The molecule has 0 saturated carbocycles. The Morgan fingerprint density at radius 2 is 1.66 bits per heavy atom. The zero-order valence-electron chi connectivity index (χ0n) is 22.7. The number of phenols is 1. The van der Waals surface area contributed by atoms with Gasteiger partial charge in [-0.2, -0.15) is 0 Å². The molecule has 1 aromatic rings. The molecular formula is C27H45N3O5. The van der Waals surface area contributed by atoms with Gasteiger partial charge in [-0.15, -0.1) is 0 Å². The van der Waals surface area contributed by atoms with E-state index in [9.17, 15) is 19.5 Å². The largest absolute Gasteiger partial charge is 0.508 e. The first-order valence-electron chi connectivity index (χ1n) is 12.6. The number of hydrogen-bond donors (Lipinski definition) is 3. The van der Waals surface area contributed by atoms with Crippen molar-refractivity contribution in [2.24, 2.45) is 5.92 Å². The van der Waals surface area contributed by atoms with Crippen LogP contribution in [-0.4, -0.2) is 52.1 Å². The lowest BCUT2D eigenvalue weighted by Crippen LogP contribution is -2.52. The number of alkyl carbamates (subject to hydrolysis) is 1. The van der Waals surface area contributed by atoms with E-state index in [1.54, 1.807) is 39.0 Å². The number of hydrogen-bond acceptors (Lipinski definition) is 5. The van der Waals surface area contributed by atoms with E-state index in [0.29, 0.717) is 17.9 Å². The summed E-state index contributed by atoms with van der Waals surface area (Å²) in [6.45, 7) is 14.9. The molecule has 0 aliphatic rings. The molecule has 0 aromatic heterocycles. The second kappa shape index (κ2) is 14.0. The van der Waals surface area contributed by atoms with Crippen molar-refractivity contribution in [1.29, 1.82) is 0 Å². The van der Waals surface area contributed by atoms with Gasteiger partial charge in [-0.05, 0) is 65.9 Å². The molecule has 198 valence electrons. The van der Waals surface area contributed by atoms with E-state index in [0.717, 1.165) is 19.3 Å². The second-order valence-corrected chi connectivity index (χ2v) is 10.6. The van der Waals surface area contributed by atoms with Gasteiger partial charge in [0.25, 0.3) is 0 Å². The summed E-state index contributed by atoms with van der Waals surface area (Å²) in [7, 11) is 0. The zero-order valence-corrected chi connectivity index (χ0v) is 22.7. The standard InChI is InChI=1S/C27H45N3O5/c1-9-12-19(4)29-25(33)24(21-13-10-11-14-22(21)31)30(20(5)16-15-18(2)3)23(32)17-28-26(34)35-27(6,7)8/h10-11,13-14,18-20,24,31H,9,12,15-17H2,1-8H3,(H,28,34)(H,29,33). The van der Waals surface area contributed by atoms with Crippen molar-refractivity contribution < 1.29 is 24.2 Å². The molecule has 0 fully saturated rings. The van der Waals surface area contributed by atoms with E-state index in [1.165, 1.54) is 11.0 Å². The number of benzene rings is 1. The summed E-state index contributed by atoms with van der Waals surface area (Å²) in [4.78, 5) is 40.8. The van der Waals surface area contributed by atoms with Crippen LogP contribution >= 0.6 is 0 Å². The lowest BCUT2D eigenvalue weighted by atomic mass is 9.97. The summed E-state index contributed by atoms with van der Waals surface area (Å²) < 4.78 is 5.26. The number of ether oxygens (including phenoxy) is 1. The smallest absolute Gasteiger partial charge is 0.408 e. The van der Waals surface area contributed by atoms with E-state index in [4.69, 9.17) is 4.74 Å². The van der Waals surface area contributed by atoms with Crippen molar-refractivity contribution in [3.8, 4) is 5.75 Å². The Hall–Kier alpha value is -2.77. The molecule has 1 aromatic carbocycles. The Labute approximate surface area is 210 Å². The number of carbonyl (C=O) groups excluding carboxylic acids is 3. The highest BCUT2D eigenvalue weighted by molar-refractivity contribution is 5.91. The first-order valence-corrected chi connectivity index (χ1v) is 12.6. The Morgan fingerprint density at radius 1 is 1.03 bits per heavy atom. The summed E-state index contributed by atoms with van der Waals surface area (Å²) in [6, 6.07) is 5.10. The highest BCUT2D eigenvalue weighted by atomic mass is 16.6. The van der Waals surface area contributed by atoms with Gasteiger partial charge < -0.3 is 25.4 Å². The Balaban J connectivity index is 3.36. The monoisotopic (exact) mass is 491 g/mol. The van der Waals surface area contributed by atoms with Gasteiger partial charge in [0.05, 0.1) is 0 Å². The quantitative estimate of drug-likeness (QED) is 0.385. The lowest BCUT2D eigenvalue weighted by Gasteiger charge is -2.37. The van der Waals surface area contributed by atoms with E-state index >= 15 is 0 Å². The number of aromatic hydroxyl groups is 1. The number of phenolic OH excluding ortho intramolecular Hbond substituents is 1. The van der Waals surface area contributed by atoms with Gasteiger partial charge >= 0.3 is 6.09 Å². The Bertz CT molecular complexity index is 834. The van der Waals surface area contributed by atoms with E-state index in [-0.39, 0.29) is 30.3 Å². The van der Waals surface area contributed by atoms with Crippen LogP contribution in [0.3, 0.4) is 0 Å². The molecule has 8 heteroatoms. The molecule has 3 N–H and O–H groups in total. The Kier molecular flexibility index (Phi) is 12.1. The highest BCUT2D eigenvalue weighted by Gasteiger charge is 2.36. The maximum Gasteiger partial charge on any atom is 0.408 e. The minimum absolute atomic E-state index is 0.0650. The molecule has 3 atom stereocenters. The number of nitrogens with zero attached hydrogens (tertiary/aromatic N) is 1. The van der Waals surface area contributed by atoms with Crippen LogP contribution in [0, 0.1) is 5.92 Å². The Morgan fingerprint density at radius 3 is 2.20 bits per heavy atom. The topological polar surface area (TPSA) is 108 Å². The zero-order chi connectivity index (χ0) is 26.8. The molecule has 0 bridgehead atoms. The predicted octanol–water partition coefficient (Wildman–Crippen LogP) is 4.92. The summed E-state index contributed by atoms with van der Waals surface area (Å²) >= 11 is 0. The molecule has 0 radical (unpaired) electrons. The fourth-order valence-corrected chi connectivity index (χ4v) is 3.87. The molecule has 0 heterocycles. The van der Waals surface area contributed by atoms with Crippen LogP contribution in [-0.2, 0) is 14.3 Å². The number of rotatable bonds is 12. The molecule has 0 aliphatic carbocycles. The van der Waals surface area contributed by atoms with Gasteiger partial charge in [0.2, 0.25) is 11.8 Å². The summed E-state index contributed by atoms with van der Waals surface area (Å²) in [5.74, 6) is -0.450. The van der Waals surface area contributed by atoms with Crippen molar-refractivity contribution in [2.75, 3.05) is 6.54 Å². The van der Waals surface area contributed by atoms with Gasteiger partial charge in [-0.1, -0.05) is 45.4 Å². The molecule has 0 spiro atoms. The van der Waals surface area contributed by atoms with E-state index < -0.39 is 23.6 Å². The van der Waals surface area contributed by atoms with Gasteiger partial charge in [-0.3, -0.25) is 9.59 Å². The maximum absolute atomic E-state index is 13.6. The van der Waals surface area contributed by atoms with Crippen LogP contribution in [0.4, 0.5) is 4.79 Å². The average Bonchev–Trinajstić information content (AvgIpc) is 2.73. The van der Waals surface area contributed by atoms with Crippen LogP contribution in [0.1, 0.15) is 92.7 Å². The van der Waals surface area contributed by atoms with Crippen molar-refractivity contribution >= 4 is 17.9 Å². The third-order valence-electron chi connectivity index (χ3n) is 5.58. The van der Waals surface area contributed by atoms with Crippen molar-refractivity contribution in [1.82, 2.24) is 15.5 Å². The third-order valence-corrected chi connectivity index (χ3v) is 5.58. The van der Waals surface area contributed by atoms with Crippen LogP contribution in [0.25, 0.3) is 0 Å². The number of carbonyl (C=O) groups is 3. The minimum atomic E-state index is -1.05. The first-order chi connectivity index (χ1) is 16.3. The van der Waals surface area contributed by atoms with Crippen molar-refractivity contribution in [2.45, 2.75) is 105 Å². The van der Waals surface area contributed by atoms with E-state index in [1.807, 2.05) is 20.8 Å².